The zero-order chi connectivity index (χ0) is 20.7. The lowest BCUT2D eigenvalue weighted by molar-refractivity contribution is 0.112. The summed E-state index contributed by atoms with van der Waals surface area (Å²) in [5, 5.41) is 1.07. The Balaban J connectivity index is 2.07. The fraction of sp³-hybridized carbons (Fsp3) is 0.269. The van der Waals surface area contributed by atoms with Crippen LogP contribution in [-0.4, -0.2) is 13.4 Å². The second kappa shape index (κ2) is 9.85. The molecule has 3 heteroatoms. The molecule has 0 spiro atoms. The van der Waals surface area contributed by atoms with Crippen LogP contribution >= 0.6 is 8.58 Å². The number of carbonyl (C=O) groups excluding carboxylic acids is 1. The molecule has 1 atom stereocenters. The van der Waals surface area contributed by atoms with Crippen molar-refractivity contribution in [1.82, 2.24) is 0 Å². The number of carbonyl (C=O) groups is 1. The Kier molecular flexibility index (Phi) is 7.23. The quantitative estimate of drug-likeness (QED) is 0.317. The number of hydrogen-bond acceptors (Lipinski definition) is 2. The van der Waals surface area contributed by atoms with Crippen molar-refractivity contribution in [2.24, 2.45) is 0 Å². The average molecular weight is 404 g/mol. The maximum absolute atomic E-state index is 11.6. The minimum atomic E-state index is -0.0584. The summed E-state index contributed by atoms with van der Waals surface area (Å²) in [7, 11) is 2.27. The van der Waals surface area contributed by atoms with Crippen LogP contribution in [0.5, 0.6) is 5.75 Å². The average Bonchev–Trinajstić information content (AvgIpc) is 2.78. The molecule has 0 saturated carbocycles. The lowest BCUT2D eigenvalue weighted by Gasteiger charge is -2.35. The zero-order valence-corrected chi connectivity index (χ0v) is 18.4. The van der Waals surface area contributed by atoms with Crippen LogP contribution < -0.4 is 10.0 Å². The van der Waals surface area contributed by atoms with Crippen molar-refractivity contribution >= 4 is 20.2 Å². The van der Waals surface area contributed by atoms with Crippen molar-refractivity contribution in [1.29, 1.82) is 0 Å². The van der Waals surface area contributed by atoms with E-state index >= 15 is 0 Å². The fourth-order valence-corrected chi connectivity index (χ4v) is 5.67. The van der Waals surface area contributed by atoms with Gasteiger partial charge in [-0.15, -0.1) is 0 Å². The van der Waals surface area contributed by atoms with E-state index in [4.69, 9.17) is 4.74 Å². The van der Waals surface area contributed by atoms with Gasteiger partial charge in [0.15, 0.2) is 6.29 Å². The van der Waals surface area contributed by atoms with Gasteiger partial charge in [0.2, 0.25) is 0 Å². The van der Waals surface area contributed by atoms with Crippen LogP contribution in [-0.2, 0) is 11.6 Å². The minimum absolute atomic E-state index is 0.0584. The number of benzene rings is 3. The van der Waals surface area contributed by atoms with Gasteiger partial charge in [-0.1, -0.05) is 95.2 Å². The smallest absolute Gasteiger partial charge is 0.150 e. The highest BCUT2D eigenvalue weighted by Gasteiger charge is 2.33. The van der Waals surface area contributed by atoms with Crippen LogP contribution in [0.25, 0.3) is 0 Å². The first-order valence-corrected chi connectivity index (χ1v) is 11.2. The van der Waals surface area contributed by atoms with Crippen LogP contribution in [0.3, 0.4) is 0 Å². The summed E-state index contributed by atoms with van der Waals surface area (Å²) in [5.74, 6) is 0.983. The standard InChI is InChI=1S/C26H29O2P/c1-4-26(5-2,29-24-17-10-9-14-22(24)19-27)23-16-11-15-21(25(23)28-3)18-20-12-7-6-8-13-20/h6-17,19,29H,4-5,18H2,1-3H3. The van der Waals surface area contributed by atoms with E-state index in [2.05, 4.69) is 62.4 Å². The largest absolute Gasteiger partial charge is 0.496 e. The normalized spacial score (nSPS) is 11.7. The summed E-state index contributed by atoms with van der Waals surface area (Å²) in [6.45, 7) is 4.48. The van der Waals surface area contributed by atoms with Gasteiger partial charge in [-0.3, -0.25) is 4.79 Å². The first kappa shape index (κ1) is 21.3. The third-order valence-electron chi connectivity index (χ3n) is 5.72. The van der Waals surface area contributed by atoms with Crippen molar-refractivity contribution in [3.8, 4) is 5.75 Å². The Bertz CT molecular complexity index is 946. The SMILES string of the molecule is CCC(CC)(Pc1ccccc1C=O)c1cccc(Cc2ccccc2)c1OC. The molecule has 3 rings (SSSR count). The first-order valence-electron chi connectivity index (χ1n) is 10.2. The van der Waals surface area contributed by atoms with Gasteiger partial charge in [-0.05, 0) is 29.3 Å². The molecule has 0 heterocycles. The molecule has 0 radical (unpaired) electrons. The second-order valence-electron chi connectivity index (χ2n) is 7.28. The van der Waals surface area contributed by atoms with Gasteiger partial charge in [-0.2, -0.15) is 0 Å². The Morgan fingerprint density at radius 1 is 0.897 bits per heavy atom. The summed E-state index contributed by atoms with van der Waals surface area (Å²) in [4.78, 5) is 11.6. The van der Waals surface area contributed by atoms with Crippen LogP contribution in [0.4, 0.5) is 0 Å². The Morgan fingerprint density at radius 2 is 1.59 bits per heavy atom. The second-order valence-corrected chi connectivity index (χ2v) is 9.03. The Hall–Kier alpha value is -2.44. The van der Waals surface area contributed by atoms with E-state index in [1.54, 1.807) is 7.11 Å². The molecule has 0 fully saturated rings. The van der Waals surface area contributed by atoms with Crippen molar-refractivity contribution in [2.45, 2.75) is 38.3 Å². The van der Waals surface area contributed by atoms with E-state index in [0.29, 0.717) is 8.58 Å². The molecule has 0 amide bonds. The molecule has 2 nitrogen and oxygen atoms in total. The highest BCUT2D eigenvalue weighted by molar-refractivity contribution is 7.48. The van der Waals surface area contributed by atoms with Gasteiger partial charge < -0.3 is 4.74 Å². The van der Waals surface area contributed by atoms with Crippen molar-refractivity contribution in [2.75, 3.05) is 7.11 Å². The topological polar surface area (TPSA) is 26.3 Å². The summed E-state index contributed by atoms with van der Waals surface area (Å²) >= 11 is 0. The molecule has 0 aliphatic rings. The third-order valence-corrected chi connectivity index (χ3v) is 7.90. The molecule has 3 aromatic carbocycles. The van der Waals surface area contributed by atoms with Crippen LogP contribution in [0, 0.1) is 0 Å². The summed E-state index contributed by atoms with van der Waals surface area (Å²) in [6, 6.07) is 25.0. The Morgan fingerprint density at radius 3 is 2.24 bits per heavy atom. The highest BCUT2D eigenvalue weighted by atomic mass is 31.1. The zero-order valence-electron chi connectivity index (χ0n) is 17.4. The molecule has 0 aromatic heterocycles. The predicted octanol–water partition coefficient (Wildman–Crippen LogP) is 6.12. The van der Waals surface area contributed by atoms with Crippen molar-refractivity contribution in [3.05, 3.63) is 95.1 Å². The molecule has 0 saturated heterocycles. The van der Waals surface area contributed by atoms with Gasteiger partial charge in [-0.25, -0.2) is 0 Å². The maximum atomic E-state index is 11.6. The Labute approximate surface area is 176 Å². The van der Waals surface area contributed by atoms with E-state index in [9.17, 15) is 4.79 Å². The number of methoxy groups -OCH3 is 1. The number of aldehydes is 1. The van der Waals surface area contributed by atoms with Crippen LogP contribution in [0.1, 0.15) is 53.7 Å². The molecule has 0 aliphatic carbocycles. The number of rotatable bonds is 9. The molecule has 150 valence electrons. The van der Waals surface area contributed by atoms with E-state index in [-0.39, 0.29) is 5.16 Å². The lowest BCUT2D eigenvalue weighted by atomic mass is 9.89. The summed E-state index contributed by atoms with van der Waals surface area (Å²) < 4.78 is 5.99. The van der Waals surface area contributed by atoms with E-state index < -0.39 is 0 Å². The van der Waals surface area contributed by atoms with Crippen molar-refractivity contribution < 1.29 is 9.53 Å². The third kappa shape index (κ3) is 4.60. The van der Waals surface area contributed by atoms with E-state index in [0.717, 1.165) is 42.2 Å². The minimum Gasteiger partial charge on any atom is -0.496 e. The summed E-state index contributed by atoms with van der Waals surface area (Å²) in [6.07, 6.45) is 3.79. The highest BCUT2D eigenvalue weighted by Crippen LogP contribution is 2.51. The van der Waals surface area contributed by atoms with Gasteiger partial charge in [0, 0.05) is 22.7 Å². The predicted molar refractivity (Wildman–Crippen MR) is 124 cm³/mol. The van der Waals surface area contributed by atoms with E-state index in [1.165, 1.54) is 16.7 Å². The van der Waals surface area contributed by atoms with Gasteiger partial charge in [0.25, 0.3) is 0 Å². The van der Waals surface area contributed by atoms with Crippen molar-refractivity contribution in [3.63, 3.8) is 0 Å². The molecule has 0 bridgehead atoms. The molecule has 3 aromatic rings. The van der Waals surface area contributed by atoms with Gasteiger partial charge >= 0.3 is 0 Å². The maximum Gasteiger partial charge on any atom is 0.150 e. The molecule has 29 heavy (non-hydrogen) atoms. The number of hydrogen-bond donors (Lipinski definition) is 0. The molecular weight excluding hydrogens is 375 g/mol. The summed E-state index contributed by atoms with van der Waals surface area (Å²) in [5.41, 5.74) is 4.51. The molecule has 0 aliphatic heterocycles. The fourth-order valence-electron chi connectivity index (χ4n) is 4.00. The lowest BCUT2D eigenvalue weighted by Crippen LogP contribution is -2.24. The first-order chi connectivity index (χ1) is 14.2. The van der Waals surface area contributed by atoms with Crippen LogP contribution in [0.2, 0.25) is 0 Å². The van der Waals surface area contributed by atoms with Gasteiger partial charge in [0.05, 0.1) is 7.11 Å². The van der Waals surface area contributed by atoms with E-state index in [1.807, 2.05) is 24.3 Å². The number of ether oxygens (including phenoxy) is 1. The van der Waals surface area contributed by atoms with Gasteiger partial charge in [0.1, 0.15) is 5.75 Å². The van der Waals surface area contributed by atoms with Crippen LogP contribution in [0.15, 0.2) is 72.8 Å². The molecule has 1 unspecified atom stereocenters. The molecule has 0 N–H and O–H groups in total. The number of para-hydroxylation sites is 1. The monoisotopic (exact) mass is 404 g/mol. The molecular formula is C26H29O2P.